The molecule has 0 amide bonds. The lowest BCUT2D eigenvalue weighted by Crippen LogP contribution is -2.48. The van der Waals surface area contributed by atoms with Crippen LogP contribution in [0.3, 0.4) is 0 Å². The first-order valence-electron chi connectivity index (χ1n) is 8.85. The topological polar surface area (TPSA) is 47.9 Å². The SMILES string of the molecule is CCn1c(-c2ccco2)nn(CNC2(c3ccc(F)cc3)CCC2)c1=S. The van der Waals surface area contributed by atoms with E-state index >= 15 is 0 Å². The molecular formula is C19H21FN4OS. The zero-order valence-electron chi connectivity index (χ0n) is 14.6. The maximum atomic E-state index is 13.3. The first kappa shape index (κ1) is 17.2. The number of halogens is 1. The molecule has 0 atom stereocenters. The van der Waals surface area contributed by atoms with Crippen LogP contribution in [0.1, 0.15) is 31.7 Å². The number of aromatic nitrogens is 3. The van der Waals surface area contributed by atoms with Gasteiger partial charge in [-0.3, -0.25) is 9.88 Å². The van der Waals surface area contributed by atoms with Gasteiger partial charge >= 0.3 is 0 Å². The molecule has 0 radical (unpaired) electrons. The third-order valence-electron chi connectivity index (χ3n) is 5.15. The largest absolute Gasteiger partial charge is 0.461 e. The van der Waals surface area contributed by atoms with Crippen molar-refractivity contribution < 1.29 is 8.81 Å². The number of nitrogens with one attached hydrogen (secondary N) is 1. The lowest BCUT2D eigenvalue weighted by Gasteiger charge is -2.43. The molecule has 0 spiro atoms. The summed E-state index contributed by atoms with van der Waals surface area (Å²) in [6.45, 7) is 3.25. The van der Waals surface area contributed by atoms with Crippen LogP contribution in [0.15, 0.2) is 47.1 Å². The Labute approximate surface area is 156 Å². The van der Waals surface area contributed by atoms with E-state index in [4.69, 9.17) is 16.6 Å². The third kappa shape index (κ3) is 2.91. The summed E-state index contributed by atoms with van der Waals surface area (Å²) in [5.41, 5.74) is 0.974. The van der Waals surface area contributed by atoms with Crippen molar-refractivity contribution in [3.63, 3.8) is 0 Å². The van der Waals surface area contributed by atoms with Crippen LogP contribution in [0.25, 0.3) is 11.6 Å². The van der Waals surface area contributed by atoms with Crippen LogP contribution >= 0.6 is 12.2 Å². The summed E-state index contributed by atoms with van der Waals surface area (Å²) in [4.78, 5) is 0. The first-order valence-corrected chi connectivity index (χ1v) is 9.26. The highest BCUT2D eigenvalue weighted by Gasteiger charge is 2.38. The molecular weight excluding hydrogens is 351 g/mol. The fraction of sp³-hybridized carbons (Fsp3) is 0.368. The van der Waals surface area contributed by atoms with Gasteiger partial charge in [-0.15, -0.1) is 5.10 Å². The molecule has 0 bridgehead atoms. The van der Waals surface area contributed by atoms with Crippen molar-refractivity contribution >= 4 is 12.2 Å². The number of benzene rings is 1. The Bertz CT molecular complexity index is 939. The molecule has 1 N–H and O–H groups in total. The standard InChI is InChI=1S/C19H21FN4OS/c1-2-23-17(16-5-3-12-25-16)22-24(18(23)26)13-21-19(10-4-11-19)14-6-8-15(20)9-7-14/h3,5-9,12,21H,2,4,10-11,13H2,1H3. The van der Waals surface area contributed by atoms with E-state index in [-0.39, 0.29) is 11.4 Å². The Morgan fingerprint density at radius 2 is 2.04 bits per heavy atom. The number of hydrogen-bond donors (Lipinski definition) is 1. The maximum Gasteiger partial charge on any atom is 0.199 e. The van der Waals surface area contributed by atoms with E-state index in [0.717, 1.165) is 37.2 Å². The van der Waals surface area contributed by atoms with Gasteiger partial charge in [0.2, 0.25) is 0 Å². The van der Waals surface area contributed by atoms with Gasteiger partial charge in [-0.1, -0.05) is 12.1 Å². The summed E-state index contributed by atoms with van der Waals surface area (Å²) in [7, 11) is 0. The van der Waals surface area contributed by atoms with E-state index in [1.165, 1.54) is 12.1 Å². The van der Waals surface area contributed by atoms with Gasteiger partial charge in [0.15, 0.2) is 16.4 Å². The summed E-state index contributed by atoms with van der Waals surface area (Å²) >= 11 is 5.59. The van der Waals surface area contributed by atoms with Crippen LogP contribution in [0, 0.1) is 10.6 Å². The first-order chi connectivity index (χ1) is 12.6. The predicted molar refractivity (Wildman–Crippen MR) is 99.5 cm³/mol. The molecule has 1 aliphatic rings. The normalized spacial score (nSPS) is 15.8. The molecule has 1 aromatic carbocycles. The van der Waals surface area contributed by atoms with Gasteiger partial charge in [0, 0.05) is 12.1 Å². The molecule has 136 valence electrons. The minimum atomic E-state index is -0.213. The zero-order valence-corrected chi connectivity index (χ0v) is 15.4. The molecule has 1 aliphatic carbocycles. The van der Waals surface area contributed by atoms with Crippen molar-refractivity contribution in [2.45, 2.75) is 44.9 Å². The van der Waals surface area contributed by atoms with Gasteiger partial charge in [-0.05, 0) is 68.2 Å². The quantitative estimate of drug-likeness (QED) is 0.649. The van der Waals surface area contributed by atoms with Gasteiger partial charge in [-0.25, -0.2) is 9.07 Å². The molecule has 0 saturated heterocycles. The fourth-order valence-corrected chi connectivity index (χ4v) is 3.83. The second-order valence-corrected chi connectivity index (χ2v) is 6.97. The summed E-state index contributed by atoms with van der Waals surface area (Å²) in [5, 5.41) is 8.25. The Morgan fingerprint density at radius 1 is 1.27 bits per heavy atom. The van der Waals surface area contributed by atoms with E-state index < -0.39 is 0 Å². The molecule has 2 heterocycles. The van der Waals surface area contributed by atoms with Crippen molar-refractivity contribution in [1.29, 1.82) is 0 Å². The van der Waals surface area contributed by atoms with Crippen LogP contribution in [-0.4, -0.2) is 14.3 Å². The second kappa shape index (κ2) is 6.81. The molecule has 26 heavy (non-hydrogen) atoms. The van der Waals surface area contributed by atoms with Gasteiger partial charge in [0.05, 0.1) is 12.9 Å². The molecule has 0 unspecified atom stereocenters. The van der Waals surface area contributed by atoms with Crippen molar-refractivity contribution in [3.8, 4) is 11.6 Å². The average molecular weight is 372 g/mol. The van der Waals surface area contributed by atoms with Gasteiger partial charge in [0.25, 0.3) is 0 Å². The lowest BCUT2D eigenvalue weighted by molar-refractivity contribution is 0.166. The Morgan fingerprint density at radius 3 is 2.62 bits per heavy atom. The highest BCUT2D eigenvalue weighted by molar-refractivity contribution is 7.71. The smallest absolute Gasteiger partial charge is 0.199 e. The zero-order chi connectivity index (χ0) is 18.1. The summed E-state index contributed by atoms with van der Waals surface area (Å²) in [5.74, 6) is 1.22. The summed E-state index contributed by atoms with van der Waals surface area (Å²) in [6.07, 6.45) is 4.82. The molecule has 1 fully saturated rings. The molecule has 2 aromatic heterocycles. The minimum Gasteiger partial charge on any atom is -0.461 e. The van der Waals surface area contributed by atoms with Gasteiger partial charge in [0.1, 0.15) is 5.82 Å². The summed E-state index contributed by atoms with van der Waals surface area (Å²) < 4.78 is 23.2. The Kier molecular flexibility index (Phi) is 4.50. The van der Waals surface area contributed by atoms with Crippen LogP contribution in [0.5, 0.6) is 0 Å². The van der Waals surface area contributed by atoms with Crippen LogP contribution in [0.2, 0.25) is 0 Å². The second-order valence-electron chi connectivity index (χ2n) is 6.60. The minimum absolute atomic E-state index is 0.136. The average Bonchev–Trinajstić information content (AvgIpc) is 3.23. The van der Waals surface area contributed by atoms with Crippen LogP contribution in [-0.2, 0) is 18.8 Å². The van der Waals surface area contributed by atoms with Crippen LogP contribution < -0.4 is 5.32 Å². The van der Waals surface area contributed by atoms with Crippen molar-refractivity contribution in [2.75, 3.05) is 0 Å². The molecule has 0 aliphatic heterocycles. The van der Waals surface area contributed by atoms with E-state index in [0.29, 0.717) is 17.2 Å². The van der Waals surface area contributed by atoms with E-state index in [1.807, 2.05) is 35.8 Å². The monoisotopic (exact) mass is 372 g/mol. The van der Waals surface area contributed by atoms with Crippen LogP contribution in [0.4, 0.5) is 4.39 Å². The highest BCUT2D eigenvalue weighted by Crippen LogP contribution is 2.41. The molecule has 4 rings (SSSR count). The number of rotatable bonds is 6. The molecule has 3 aromatic rings. The highest BCUT2D eigenvalue weighted by atomic mass is 32.1. The van der Waals surface area contributed by atoms with E-state index in [1.54, 1.807) is 10.9 Å². The summed E-state index contributed by atoms with van der Waals surface area (Å²) in [6, 6.07) is 10.5. The van der Waals surface area contributed by atoms with Crippen molar-refractivity contribution in [2.24, 2.45) is 0 Å². The lowest BCUT2D eigenvalue weighted by atomic mass is 9.72. The van der Waals surface area contributed by atoms with E-state index in [9.17, 15) is 4.39 Å². The Balaban J connectivity index is 1.60. The molecule has 5 nitrogen and oxygen atoms in total. The van der Waals surface area contributed by atoms with Gasteiger partial charge in [-0.2, -0.15) is 0 Å². The third-order valence-corrected chi connectivity index (χ3v) is 5.58. The number of furan rings is 1. The maximum absolute atomic E-state index is 13.3. The fourth-order valence-electron chi connectivity index (χ4n) is 3.51. The Hall–Kier alpha value is -2.25. The molecule has 7 heteroatoms. The number of nitrogens with zero attached hydrogens (tertiary/aromatic N) is 3. The molecule has 1 saturated carbocycles. The van der Waals surface area contributed by atoms with E-state index in [2.05, 4.69) is 10.4 Å². The van der Waals surface area contributed by atoms with Gasteiger partial charge < -0.3 is 4.42 Å². The number of hydrogen-bond acceptors (Lipinski definition) is 4. The van der Waals surface area contributed by atoms with Crippen molar-refractivity contribution in [1.82, 2.24) is 19.7 Å². The van der Waals surface area contributed by atoms with Crippen molar-refractivity contribution in [3.05, 3.63) is 58.8 Å². The predicted octanol–water partition coefficient (Wildman–Crippen LogP) is 4.46.